The quantitative estimate of drug-likeness (QED) is 0.434. The summed E-state index contributed by atoms with van der Waals surface area (Å²) in [5, 5.41) is 12.5. The largest absolute Gasteiger partial charge is 0.467 e. The Hall–Kier alpha value is -4.20. The first kappa shape index (κ1) is 18.8. The van der Waals surface area contributed by atoms with E-state index in [2.05, 4.69) is 20.6 Å². The van der Waals surface area contributed by atoms with Crippen LogP contribution < -0.4 is 10.9 Å². The number of furan rings is 1. The van der Waals surface area contributed by atoms with Crippen molar-refractivity contribution in [3.05, 3.63) is 101 Å². The maximum Gasteiger partial charge on any atom is 0.253 e. The molecule has 3 heterocycles. The van der Waals surface area contributed by atoms with E-state index in [9.17, 15) is 9.18 Å². The van der Waals surface area contributed by atoms with Gasteiger partial charge in [-0.3, -0.25) is 4.79 Å². The highest BCUT2D eigenvalue weighted by atomic mass is 19.1. The van der Waals surface area contributed by atoms with Crippen LogP contribution in [0.2, 0.25) is 0 Å². The molecule has 0 saturated carbocycles. The van der Waals surface area contributed by atoms with Crippen LogP contribution in [0, 0.1) is 5.82 Å². The lowest BCUT2D eigenvalue weighted by Gasteiger charge is -2.06. The number of nitrogens with one attached hydrogen (secondary N) is 2. The number of aromatic amines is 1. The molecular formula is C23H18FN5O2. The van der Waals surface area contributed by atoms with Gasteiger partial charge in [-0.25, -0.2) is 9.07 Å². The second-order valence-electron chi connectivity index (χ2n) is 7.17. The van der Waals surface area contributed by atoms with E-state index in [-0.39, 0.29) is 12.1 Å². The van der Waals surface area contributed by atoms with E-state index in [4.69, 9.17) is 4.42 Å². The van der Waals surface area contributed by atoms with E-state index in [1.54, 1.807) is 29.3 Å². The van der Waals surface area contributed by atoms with Crippen LogP contribution in [0.3, 0.4) is 0 Å². The standard InChI is InChI=1S/C23H18FN5O2/c24-18-7-6-16-9-17(23(30)26-21(16)11-18)13-29-14-22(27-28-29)15-3-1-4-19(10-15)25-12-20-5-2-8-31-20/h1-11,14,25H,12-13H2,(H,26,30). The number of hydrogen-bond donors (Lipinski definition) is 2. The minimum Gasteiger partial charge on any atom is -0.467 e. The van der Waals surface area contributed by atoms with Crippen LogP contribution in [-0.2, 0) is 13.1 Å². The van der Waals surface area contributed by atoms with Crippen molar-refractivity contribution in [1.82, 2.24) is 20.0 Å². The molecule has 8 heteroatoms. The van der Waals surface area contributed by atoms with Gasteiger partial charge >= 0.3 is 0 Å². The number of hydrogen-bond acceptors (Lipinski definition) is 5. The van der Waals surface area contributed by atoms with Crippen molar-refractivity contribution in [3.63, 3.8) is 0 Å². The fourth-order valence-electron chi connectivity index (χ4n) is 3.41. The molecular weight excluding hydrogens is 397 g/mol. The van der Waals surface area contributed by atoms with Gasteiger partial charge in [0.05, 0.1) is 31.1 Å². The van der Waals surface area contributed by atoms with E-state index in [0.29, 0.717) is 23.3 Å². The lowest BCUT2D eigenvalue weighted by molar-refractivity contribution is 0.518. The first-order valence-corrected chi connectivity index (χ1v) is 9.72. The van der Waals surface area contributed by atoms with Crippen LogP contribution in [0.25, 0.3) is 22.2 Å². The third-order valence-corrected chi connectivity index (χ3v) is 4.96. The lowest BCUT2D eigenvalue weighted by atomic mass is 10.1. The summed E-state index contributed by atoms with van der Waals surface area (Å²) in [4.78, 5) is 15.1. The molecule has 5 aromatic rings. The van der Waals surface area contributed by atoms with Gasteiger partial charge in [-0.05, 0) is 53.9 Å². The maximum absolute atomic E-state index is 13.4. The summed E-state index contributed by atoms with van der Waals surface area (Å²) in [6.07, 6.45) is 3.44. The zero-order chi connectivity index (χ0) is 21.2. The van der Waals surface area contributed by atoms with Crippen molar-refractivity contribution in [2.75, 3.05) is 5.32 Å². The van der Waals surface area contributed by atoms with Crippen LogP contribution in [0.5, 0.6) is 0 Å². The molecule has 0 fully saturated rings. The number of nitrogens with zero attached hydrogens (tertiary/aromatic N) is 3. The number of H-pyrrole nitrogens is 1. The SMILES string of the molecule is O=c1[nH]c2cc(F)ccc2cc1Cn1cc(-c2cccc(NCc3ccco3)c2)nn1. The average molecular weight is 415 g/mol. The van der Waals surface area contributed by atoms with Gasteiger partial charge in [-0.2, -0.15) is 0 Å². The molecule has 0 unspecified atom stereocenters. The van der Waals surface area contributed by atoms with Gasteiger partial charge in [0.2, 0.25) is 0 Å². The molecule has 3 aromatic heterocycles. The molecule has 0 spiro atoms. The van der Waals surface area contributed by atoms with Crippen LogP contribution in [0.4, 0.5) is 10.1 Å². The number of fused-ring (bicyclic) bond motifs is 1. The normalized spacial score (nSPS) is 11.1. The highest BCUT2D eigenvalue weighted by molar-refractivity contribution is 5.78. The molecule has 2 N–H and O–H groups in total. The van der Waals surface area contributed by atoms with Crippen LogP contribution >= 0.6 is 0 Å². The number of benzene rings is 2. The first-order chi connectivity index (χ1) is 15.1. The van der Waals surface area contributed by atoms with E-state index in [1.807, 2.05) is 36.4 Å². The average Bonchev–Trinajstić information content (AvgIpc) is 3.45. The van der Waals surface area contributed by atoms with Crippen LogP contribution in [-0.4, -0.2) is 20.0 Å². The molecule has 0 aliphatic heterocycles. The van der Waals surface area contributed by atoms with Gasteiger partial charge in [0.1, 0.15) is 17.3 Å². The Labute approximate surface area is 176 Å². The minimum absolute atomic E-state index is 0.256. The second-order valence-corrected chi connectivity index (χ2v) is 7.17. The van der Waals surface area contributed by atoms with E-state index in [0.717, 1.165) is 22.4 Å². The number of rotatable bonds is 6. The lowest BCUT2D eigenvalue weighted by Crippen LogP contribution is -2.16. The molecule has 0 aliphatic rings. The fraction of sp³-hybridized carbons (Fsp3) is 0.0870. The molecule has 5 rings (SSSR count). The van der Waals surface area contributed by atoms with E-state index < -0.39 is 5.82 Å². The van der Waals surface area contributed by atoms with Crippen LogP contribution in [0.1, 0.15) is 11.3 Å². The smallest absolute Gasteiger partial charge is 0.253 e. The highest BCUT2D eigenvalue weighted by Crippen LogP contribution is 2.21. The third kappa shape index (κ3) is 4.09. The van der Waals surface area contributed by atoms with Gasteiger partial charge in [0.25, 0.3) is 5.56 Å². The van der Waals surface area contributed by atoms with Crippen molar-refractivity contribution in [3.8, 4) is 11.3 Å². The predicted molar refractivity (Wildman–Crippen MR) is 115 cm³/mol. The summed E-state index contributed by atoms with van der Waals surface area (Å²) in [5.41, 5.74) is 3.23. The monoisotopic (exact) mass is 415 g/mol. The topological polar surface area (TPSA) is 88.7 Å². The molecule has 0 aliphatic carbocycles. The third-order valence-electron chi connectivity index (χ3n) is 4.96. The van der Waals surface area contributed by atoms with Crippen LogP contribution in [0.15, 0.2) is 82.3 Å². The molecule has 154 valence electrons. The highest BCUT2D eigenvalue weighted by Gasteiger charge is 2.09. The Morgan fingerprint density at radius 1 is 1.10 bits per heavy atom. The minimum atomic E-state index is -0.391. The van der Waals surface area contributed by atoms with Gasteiger partial charge in [-0.1, -0.05) is 17.3 Å². The summed E-state index contributed by atoms with van der Waals surface area (Å²) in [7, 11) is 0. The summed E-state index contributed by atoms with van der Waals surface area (Å²) in [6.45, 7) is 0.837. The molecule has 0 amide bonds. The first-order valence-electron chi connectivity index (χ1n) is 9.72. The zero-order valence-electron chi connectivity index (χ0n) is 16.4. The van der Waals surface area contributed by atoms with Crippen molar-refractivity contribution in [2.24, 2.45) is 0 Å². The van der Waals surface area contributed by atoms with Gasteiger partial charge in [0, 0.05) is 16.8 Å². The summed E-state index contributed by atoms with van der Waals surface area (Å²) in [6, 6.07) is 17.6. The van der Waals surface area contributed by atoms with E-state index in [1.165, 1.54) is 12.1 Å². The molecule has 31 heavy (non-hydrogen) atoms. The van der Waals surface area contributed by atoms with Crippen molar-refractivity contribution < 1.29 is 8.81 Å². The van der Waals surface area contributed by atoms with Crippen molar-refractivity contribution in [1.29, 1.82) is 0 Å². The Bertz CT molecular complexity index is 1410. The summed E-state index contributed by atoms with van der Waals surface area (Å²) < 4.78 is 20.3. The Morgan fingerprint density at radius 3 is 2.90 bits per heavy atom. The van der Waals surface area contributed by atoms with Gasteiger partial charge in [-0.15, -0.1) is 5.10 Å². The number of halogens is 1. The van der Waals surface area contributed by atoms with Gasteiger partial charge in [0.15, 0.2) is 0 Å². The number of pyridine rings is 1. The molecule has 0 atom stereocenters. The molecule has 7 nitrogen and oxygen atoms in total. The Morgan fingerprint density at radius 2 is 2.03 bits per heavy atom. The van der Waals surface area contributed by atoms with Crippen molar-refractivity contribution >= 4 is 16.6 Å². The molecule has 2 aromatic carbocycles. The number of anilines is 1. The maximum atomic E-state index is 13.4. The summed E-state index contributed by atoms with van der Waals surface area (Å²) >= 11 is 0. The fourth-order valence-corrected chi connectivity index (χ4v) is 3.41. The zero-order valence-corrected chi connectivity index (χ0v) is 16.4. The Balaban J connectivity index is 1.35. The molecule has 0 bridgehead atoms. The second kappa shape index (κ2) is 7.91. The Kier molecular flexibility index (Phi) is 4.80. The predicted octanol–water partition coefficient (Wildman–Crippen LogP) is 4.18. The van der Waals surface area contributed by atoms with E-state index >= 15 is 0 Å². The summed E-state index contributed by atoms with van der Waals surface area (Å²) in [5.74, 6) is 0.456. The number of aromatic nitrogens is 4. The molecule has 0 saturated heterocycles. The van der Waals surface area contributed by atoms with Crippen molar-refractivity contribution in [2.45, 2.75) is 13.1 Å². The molecule has 0 radical (unpaired) electrons. The van der Waals surface area contributed by atoms with Gasteiger partial charge < -0.3 is 14.7 Å².